The molecule has 2 atom stereocenters. The Morgan fingerprint density at radius 2 is 1.48 bits per heavy atom. The van der Waals surface area contributed by atoms with Gasteiger partial charge in [-0.3, -0.25) is 9.00 Å². The maximum absolute atomic E-state index is 13.8. The third kappa shape index (κ3) is 9.85. The van der Waals surface area contributed by atoms with Crippen LogP contribution in [0.3, 0.4) is 0 Å². The summed E-state index contributed by atoms with van der Waals surface area (Å²) in [6.07, 6.45) is -13.5. The van der Waals surface area contributed by atoms with Gasteiger partial charge in [-0.15, -0.1) is 0 Å². The molecule has 0 aliphatic carbocycles. The number of hydrogen-bond donors (Lipinski definition) is 1. The Morgan fingerprint density at radius 1 is 0.925 bits per heavy atom. The van der Waals surface area contributed by atoms with Gasteiger partial charge in [-0.1, -0.05) is 53.0 Å². The summed E-state index contributed by atoms with van der Waals surface area (Å²) in [7, 11) is -2.48. The van der Waals surface area contributed by atoms with E-state index in [9.17, 15) is 48.5 Å². The van der Waals surface area contributed by atoms with Crippen LogP contribution in [0.2, 0.25) is 15.1 Å². The van der Waals surface area contributed by atoms with Crippen molar-refractivity contribution in [3.8, 4) is 0 Å². The summed E-state index contributed by atoms with van der Waals surface area (Å²) < 4.78 is 132. The van der Waals surface area contributed by atoms with Crippen molar-refractivity contribution >= 4 is 57.6 Å². The topological polar surface area (TPSA) is 46.2 Å². The summed E-state index contributed by atoms with van der Waals surface area (Å²) in [5, 5.41) is 1.40. The number of alkyl halides is 9. The molecule has 0 bridgehead atoms. The fraction of sp³-hybridized carbons (Fsp3) is 0.375. The Hall–Kier alpha value is -1.96. The van der Waals surface area contributed by atoms with Gasteiger partial charge in [-0.25, -0.2) is 0 Å². The number of halogens is 12. The average molecular weight is 663 g/mol. The minimum absolute atomic E-state index is 0.185. The summed E-state index contributed by atoms with van der Waals surface area (Å²) in [4.78, 5) is 12.6. The molecule has 16 heteroatoms. The third-order valence-corrected chi connectivity index (χ3v) is 7.98. The van der Waals surface area contributed by atoms with Crippen molar-refractivity contribution in [1.29, 1.82) is 0 Å². The molecule has 2 aromatic rings. The highest BCUT2D eigenvalue weighted by atomic mass is 35.5. The first-order chi connectivity index (χ1) is 18.0. The van der Waals surface area contributed by atoms with Gasteiger partial charge in [0.15, 0.2) is 0 Å². The van der Waals surface area contributed by atoms with Gasteiger partial charge in [0.1, 0.15) is 5.75 Å². The van der Waals surface area contributed by atoms with Gasteiger partial charge >= 0.3 is 18.5 Å². The van der Waals surface area contributed by atoms with Crippen LogP contribution in [0.1, 0.15) is 46.8 Å². The summed E-state index contributed by atoms with van der Waals surface area (Å²) in [5.41, 5.74) is -4.84. The van der Waals surface area contributed by atoms with Crippen LogP contribution >= 0.6 is 34.8 Å². The number of amides is 1. The highest BCUT2D eigenvalue weighted by molar-refractivity contribution is 7.85. The molecule has 0 saturated heterocycles. The molecule has 0 spiro atoms. The maximum Gasteiger partial charge on any atom is 0.417 e. The van der Waals surface area contributed by atoms with Crippen molar-refractivity contribution in [3.63, 3.8) is 0 Å². The molecule has 2 aromatic carbocycles. The molecule has 0 radical (unpaired) electrons. The fourth-order valence-corrected chi connectivity index (χ4v) is 5.47. The summed E-state index contributed by atoms with van der Waals surface area (Å²) in [6.45, 7) is 2.35. The molecule has 2 unspecified atom stereocenters. The van der Waals surface area contributed by atoms with E-state index >= 15 is 0 Å². The predicted octanol–water partition coefficient (Wildman–Crippen LogP) is 8.84. The van der Waals surface area contributed by atoms with Crippen LogP contribution in [0.4, 0.5) is 39.5 Å². The standard InChI is InChI=1S/C24H19Cl3F9NO2S/c1-21(2,10-40(39)11-22(28,29)30)37-20(38)14-5-3-12(7-16(14)24(34,35)36)4-6-15(23(31,32)33)13-8-17(25)19(27)18(26)9-13/h3-9,15H,10-11H2,1-2H3,(H,37,38)/b6-4+. The molecule has 0 fully saturated rings. The van der Waals surface area contributed by atoms with Gasteiger partial charge in [0.2, 0.25) is 0 Å². The maximum atomic E-state index is 13.8. The number of benzene rings is 2. The molecule has 0 heterocycles. The molecule has 3 nitrogen and oxygen atoms in total. The van der Waals surface area contributed by atoms with Crippen molar-refractivity contribution in [3.05, 3.63) is 73.7 Å². The molecular weight excluding hydrogens is 644 g/mol. The van der Waals surface area contributed by atoms with E-state index in [0.717, 1.165) is 24.3 Å². The zero-order valence-corrected chi connectivity index (χ0v) is 23.4. The molecule has 2 rings (SSSR count). The second kappa shape index (κ2) is 12.5. The first-order valence-corrected chi connectivity index (χ1v) is 13.5. The number of nitrogens with one attached hydrogen (secondary N) is 1. The smallest absolute Gasteiger partial charge is 0.346 e. The SMILES string of the molecule is CC(C)(CS(=O)CC(F)(F)F)NC(=O)c1ccc(/C=C/C(c2cc(Cl)c(Cl)c(Cl)c2)C(F)(F)F)cc1C(F)(F)F. The average Bonchev–Trinajstić information content (AvgIpc) is 2.73. The lowest BCUT2D eigenvalue weighted by molar-refractivity contribution is -0.139. The molecule has 0 aliphatic rings. The van der Waals surface area contributed by atoms with Gasteiger partial charge in [0, 0.05) is 22.1 Å². The third-order valence-electron chi connectivity index (χ3n) is 5.09. The van der Waals surface area contributed by atoms with E-state index in [0.29, 0.717) is 18.2 Å². The van der Waals surface area contributed by atoms with Gasteiger partial charge in [0.05, 0.1) is 32.1 Å². The van der Waals surface area contributed by atoms with Crippen LogP contribution in [-0.4, -0.2) is 39.5 Å². The van der Waals surface area contributed by atoms with E-state index < -0.39 is 74.9 Å². The van der Waals surface area contributed by atoms with Crippen LogP contribution in [0.5, 0.6) is 0 Å². The summed E-state index contributed by atoms with van der Waals surface area (Å²) in [5.74, 6) is -6.06. The van der Waals surface area contributed by atoms with E-state index in [-0.39, 0.29) is 20.6 Å². The Bertz CT molecular complexity index is 1280. The second-order valence-corrected chi connectivity index (χ2v) is 11.8. The molecule has 0 aromatic heterocycles. The van der Waals surface area contributed by atoms with Crippen molar-refractivity contribution in [1.82, 2.24) is 5.32 Å². The highest BCUT2D eigenvalue weighted by Crippen LogP contribution is 2.41. The molecule has 1 N–H and O–H groups in total. The number of carbonyl (C=O) groups is 1. The molecule has 0 saturated carbocycles. The lowest BCUT2D eigenvalue weighted by Gasteiger charge is -2.27. The van der Waals surface area contributed by atoms with Crippen molar-refractivity contribution in [2.45, 2.75) is 43.8 Å². The van der Waals surface area contributed by atoms with E-state index in [1.165, 1.54) is 13.8 Å². The Balaban J connectivity index is 2.41. The number of allylic oxidation sites excluding steroid dienone is 1. The lowest BCUT2D eigenvalue weighted by Crippen LogP contribution is -2.48. The van der Waals surface area contributed by atoms with Gasteiger partial charge in [-0.05, 0) is 49.2 Å². The molecule has 40 heavy (non-hydrogen) atoms. The van der Waals surface area contributed by atoms with Gasteiger partial charge in [0.25, 0.3) is 5.91 Å². The molecule has 1 amide bonds. The Morgan fingerprint density at radius 3 is 1.95 bits per heavy atom. The van der Waals surface area contributed by atoms with E-state index in [1.807, 2.05) is 0 Å². The summed E-state index contributed by atoms with van der Waals surface area (Å²) >= 11 is 17.4. The summed E-state index contributed by atoms with van der Waals surface area (Å²) in [6, 6.07) is 3.92. The fourth-order valence-electron chi connectivity index (χ4n) is 3.52. The van der Waals surface area contributed by atoms with Crippen LogP contribution in [0.15, 0.2) is 36.4 Å². The molecular formula is C24H19Cl3F9NO2S. The number of rotatable bonds is 8. The van der Waals surface area contributed by atoms with Gasteiger partial charge < -0.3 is 5.32 Å². The quantitative estimate of drug-likeness (QED) is 0.227. The van der Waals surface area contributed by atoms with E-state index in [2.05, 4.69) is 5.32 Å². The van der Waals surface area contributed by atoms with Crippen molar-refractivity contribution in [2.24, 2.45) is 0 Å². The van der Waals surface area contributed by atoms with Crippen LogP contribution < -0.4 is 5.32 Å². The zero-order valence-electron chi connectivity index (χ0n) is 20.3. The van der Waals surface area contributed by atoms with Crippen LogP contribution in [-0.2, 0) is 17.0 Å². The molecule has 222 valence electrons. The number of hydrogen-bond acceptors (Lipinski definition) is 2. The first-order valence-electron chi connectivity index (χ1n) is 10.8. The zero-order chi connectivity index (χ0) is 30.8. The first kappa shape index (κ1) is 34.2. The van der Waals surface area contributed by atoms with Crippen molar-refractivity contribution < 1.29 is 48.5 Å². The predicted molar refractivity (Wildman–Crippen MR) is 136 cm³/mol. The largest absolute Gasteiger partial charge is 0.417 e. The minimum atomic E-state index is -5.14. The Labute approximate surface area is 240 Å². The number of carbonyl (C=O) groups excluding carboxylic acids is 1. The van der Waals surface area contributed by atoms with Crippen LogP contribution in [0.25, 0.3) is 6.08 Å². The minimum Gasteiger partial charge on any atom is -0.346 e. The normalized spacial score (nSPS) is 14.8. The highest BCUT2D eigenvalue weighted by Gasteiger charge is 2.40. The van der Waals surface area contributed by atoms with E-state index in [4.69, 9.17) is 34.8 Å². The monoisotopic (exact) mass is 661 g/mol. The van der Waals surface area contributed by atoms with Crippen molar-refractivity contribution in [2.75, 3.05) is 11.5 Å². The lowest BCUT2D eigenvalue weighted by atomic mass is 9.96. The van der Waals surface area contributed by atoms with E-state index in [1.54, 1.807) is 0 Å². The second-order valence-electron chi connectivity index (χ2n) is 9.16. The van der Waals surface area contributed by atoms with Crippen LogP contribution in [0, 0.1) is 0 Å². The Kier molecular flexibility index (Phi) is 10.7. The van der Waals surface area contributed by atoms with Gasteiger partial charge in [-0.2, -0.15) is 39.5 Å². The molecule has 0 aliphatic heterocycles.